The first kappa shape index (κ1) is 30.3. The van der Waals surface area contributed by atoms with Crippen molar-refractivity contribution in [3.05, 3.63) is 95.1 Å². The highest BCUT2D eigenvalue weighted by Gasteiger charge is 2.32. The monoisotopic (exact) mass is 578 g/mol. The van der Waals surface area contributed by atoms with Crippen molar-refractivity contribution in [3.63, 3.8) is 0 Å². The molecule has 0 aromatic heterocycles. The van der Waals surface area contributed by atoms with E-state index in [1.165, 1.54) is 6.92 Å². The zero-order chi connectivity index (χ0) is 29.2. The number of aliphatic hydroxyl groups excluding tert-OH is 1. The van der Waals surface area contributed by atoms with Gasteiger partial charge in [-0.15, -0.1) is 11.8 Å². The minimum Gasteiger partial charge on any atom is -0.481 e. The van der Waals surface area contributed by atoms with E-state index in [0.717, 1.165) is 32.8 Å². The molecular formula is C31H34N2O7S. The van der Waals surface area contributed by atoms with Crippen molar-refractivity contribution in [2.75, 3.05) is 11.1 Å². The van der Waals surface area contributed by atoms with Crippen LogP contribution in [0.2, 0.25) is 0 Å². The summed E-state index contributed by atoms with van der Waals surface area (Å²) < 4.78 is 12.8. The highest BCUT2D eigenvalue weighted by atomic mass is 32.2. The third-order valence-corrected chi connectivity index (χ3v) is 7.68. The number of nitrogens with one attached hydrogen (secondary N) is 2. The Morgan fingerprint density at radius 1 is 0.878 bits per heavy atom. The van der Waals surface area contributed by atoms with Gasteiger partial charge in [0.2, 0.25) is 11.8 Å². The van der Waals surface area contributed by atoms with Gasteiger partial charge in [0.25, 0.3) is 0 Å². The molecule has 10 heteroatoms. The number of carboxylic acids is 1. The van der Waals surface area contributed by atoms with Crippen LogP contribution in [0.25, 0.3) is 0 Å². The van der Waals surface area contributed by atoms with Crippen LogP contribution in [-0.2, 0) is 37.0 Å². The predicted octanol–water partition coefficient (Wildman–Crippen LogP) is 4.96. The first-order valence-electron chi connectivity index (χ1n) is 13.4. The van der Waals surface area contributed by atoms with Gasteiger partial charge in [-0.2, -0.15) is 0 Å². The van der Waals surface area contributed by atoms with E-state index in [1.807, 2.05) is 72.8 Å². The van der Waals surface area contributed by atoms with Gasteiger partial charge >= 0.3 is 5.97 Å². The number of hydrogen-bond donors (Lipinski definition) is 4. The maximum Gasteiger partial charge on any atom is 0.303 e. The zero-order valence-corrected chi connectivity index (χ0v) is 23.6. The molecule has 0 bridgehead atoms. The van der Waals surface area contributed by atoms with Gasteiger partial charge in [0.15, 0.2) is 6.29 Å². The molecule has 2 amide bonds. The van der Waals surface area contributed by atoms with E-state index in [0.29, 0.717) is 18.7 Å². The average Bonchev–Trinajstić information content (AvgIpc) is 2.98. The summed E-state index contributed by atoms with van der Waals surface area (Å²) >= 11 is 1.67. The molecule has 3 atom stereocenters. The van der Waals surface area contributed by atoms with Crippen LogP contribution in [0.3, 0.4) is 0 Å². The molecule has 3 unspecified atom stereocenters. The van der Waals surface area contributed by atoms with E-state index in [9.17, 15) is 19.5 Å². The molecule has 0 saturated carbocycles. The lowest BCUT2D eigenvalue weighted by Gasteiger charge is -2.36. The summed E-state index contributed by atoms with van der Waals surface area (Å²) in [5, 5.41) is 23.7. The third kappa shape index (κ3) is 9.43. The number of carbonyl (C=O) groups is 3. The van der Waals surface area contributed by atoms with Gasteiger partial charge in [0.1, 0.15) is 0 Å². The van der Waals surface area contributed by atoms with Crippen molar-refractivity contribution in [2.45, 2.75) is 62.7 Å². The molecule has 1 aliphatic rings. The lowest BCUT2D eigenvalue weighted by atomic mass is 10.0. The number of hydrogen-bond acceptors (Lipinski definition) is 7. The number of carboxylic acid groups (broad SMARTS) is 1. The molecule has 4 N–H and O–H groups in total. The second kappa shape index (κ2) is 14.8. The van der Waals surface area contributed by atoms with Gasteiger partial charge in [-0.1, -0.05) is 48.5 Å². The Bertz CT molecular complexity index is 1310. The Labute approximate surface area is 243 Å². The average molecular weight is 579 g/mol. The Kier molecular flexibility index (Phi) is 10.9. The zero-order valence-electron chi connectivity index (χ0n) is 22.7. The summed E-state index contributed by atoms with van der Waals surface area (Å²) in [4.78, 5) is 34.9. The molecule has 0 aliphatic carbocycles. The molecule has 1 aliphatic heterocycles. The number of thioether (sulfide) groups is 1. The van der Waals surface area contributed by atoms with Gasteiger partial charge in [-0.25, -0.2) is 0 Å². The van der Waals surface area contributed by atoms with Crippen molar-refractivity contribution in [3.8, 4) is 0 Å². The molecular weight excluding hydrogens is 544 g/mol. The van der Waals surface area contributed by atoms with Crippen molar-refractivity contribution >= 4 is 35.2 Å². The van der Waals surface area contributed by atoms with Crippen LogP contribution < -0.4 is 10.6 Å². The fourth-order valence-corrected chi connectivity index (χ4v) is 5.27. The fraction of sp³-hybridized carbons (Fsp3) is 0.323. The Hall–Kier alpha value is -3.70. The van der Waals surface area contributed by atoms with E-state index < -0.39 is 12.3 Å². The van der Waals surface area contributed by atoms with Crippen LogP contribution in [-0.4, -0.2) is 39.9 Å². The molecule has 1 saturated heterocycles. The molecule has 3 aromatic rings. The largest absolute Gasteiger partial charge is 0.481 e. The molecule has 216 valence electrons. The second-order valence-corrected chi connectivity index (χ2v) is 10.9. The molecule has 9 nitrogen and oxygen atoms in total. The molecule has 0 spiro atoms. The third-order valence-electron chi connectivity index (χ3n) is 6.53. The number of anilines is 1. The fourth-order valence-electron chi connectivity index (χ4n) is 4.35. The quantitative estimate of drug-likeness (QED) is 0.222. The predicted molar refractivity (Wildman–Crippen MR) is 155 cm³/mol. The number of aliphatic hydroxyl groups is 1. The maximum atomic E-state index is 11.9. The summed E-state index contributed by atoms with van der Waals surface area (Å²) in [6.45, 7) is 1.75. The highest BCUT2D eigenvalue weighted by Crippen LogP contribution is 2.39. The standard InChI is InChI=1S/C31H34N2O7S/c1-20(35)33-25-10-12-27(13-11-25)41-19-26-16-28(23-6-4-22(18-34)5-7-23)40-31(39-26)24-8-2-21(3-9-24)17-32-29(36)14-15-30(37)38/h2-13,26,28,31,34H,14-19H2,1H3,(H,32,36)(H,33,35)(H,37,38). The number of amides is 2. The molecule has 1 fully saturated rings. The molecule has 41 heavy (non-hydrogen) atoms. The van der Waals surface area contributed by atoms with E-state index in [1.54, 1.807) is 11.8 Å². The van der Waals surface area contributed by atoms with Crippen molar-refractivity contribution < 1.29 is 34.1 Å². The van der Waals surface area contributed by atoms with Crippen molar-refractivity contribution in [1.29, 1.82) is 0 Å². The lowest BCUT2D eigenvalue weighted by molar-refractivity contribution is -0.245. The number of benzene rings is 3. The summed E-state index contributed by atoms with van der Waals surface area (Å²) in [6.07, 6.45) is -0.513. The van der Waals surface area contributed by atoms with E-state index in [-0.39, 0.29) is 43.5 Å². The Morgan fingerprint density at radius 2 is 1.54 bits per heavy atom. The molecule has 3 aromatic carbocycles. The number of ether oxygens (including phenoxy) is 2. The van der Waals surface area contributed by atoms with Gasteiger partial charge in [0.05, 0.1) is 25.2 Å². The molecule has 4 rings (SSSR count). The lowest BCUT2D eigenvalue weighted by Crippen LogP contribution is -2.31. The second-order valence-electron chi connectivity index (χ2n) is 9.78. The maximum absolute atomic E-state index is 11.9. The number of aliphatic carboxylic acids is 1. The van der Waals surface area contributed by atoms with Crippen molar-refractivity contribution in [2.24, 2.45) is 0 Å². The van der Waals surface area contributed by atoms with E-state index in [2.05, 4.69) is 10.6 Å². The first-order chi connectivity index (χ1) is 19.8. The number of rotatable bonds is 12. The van der Waals surface area contributed by atoms with Crippen LogP contribution in [0.1, 0.15) is 60.8 Å². The van der Waals surface area contributed by atoms with Gasteiger partial charge in [-0.05, 0) is 41.0 Å². The summed E-state index contributed by atoms with van der Waals surface area (Å²) in [7, 11) is 0. The van der Waals surface area contributed by atoms with Crippen LogP contribution in [0.15, 0.2) is 77.7 Å². The first-order valence-corrected chi connectivity index (χ1v) is 14.4. The van der Waals surface area contributed by atoms with Crippen LogP contribution in [0, 0.1) is 0 Å². The van der Waals surface area contributed by atoms with E-state index >= 15 is 0 Å². The van der Waals surface area contributed by atoms with Gasteiger partial charge in [0, 0.05) is 48.2 Å². The summed E-state index contributed by atoms with van der Waals surface area (Å²) in [6, 6.07) is 23.0. The normalized spacial score (nSPS) is 18.4. The minimum atomic E-state index is -1.00. The Balaban J connectivity index is 1.42. The molecule has 1 heterocycles. The van der Waals surface area contributed by atoms with Gasteiger partial charge < -0.3 is 30.3 Å². The van der Waals surface area contributed by atoms with E-state index in [4.69, 9.17) is 14.6 Å². The Morgan fingerprint density at radius 3 is 2.17 bits per heavy atom. The van der Waals surface area contributed by atoms with Crippen LogP contribution in [0.5, 0.6) is 0 Å². The van der Waals surface area contributed by atoms with Crippen LogP contribution in [0.4, 0.5) is 5.69 Å². The minimum absolute atomic E-state index is 0.0239. The summed E-state index contributed by atoms with van der Waals surface area (Å²) in [5.74, 6) is -0.726. The summed E-state index contributed by atoms with van der Waals surface area (Å²) in [5.41, 5.74) is 4.30. The molecule has 0 radical (unpaired) electrons. The topological polar surface area (TPSA) is 134 Å². The highest BCUT2D eigenvalue weighted by molar-refractivity contribution is 7.99. The number of carbonyl (C=O) groups excluding carboxylic acids is 2. The van der Waals surface area contributed by atoms with Crippen molar-refractivity contribution in [1.82, 2.24) is 5.32 Å². The SMILES string of the molecule is CC(=O)Nc1ccc(SCC2CC(c3ccc(CO)cc3)OC(c3ccc(CNC(=O)CCC(=O)O)cc3)O2)cc1. The smallest absolute Gasteiger partial charge is 0.303 e. The van der Waals surface area contributed by atoms with Gasteiger partial charge in [-0.3, -0.25) is 14.4 Å². The van der Waals surface area contributed by atoms with Crippen LogP contribution >= 0.6 is 11.8 Å².